The molecule has 1 N–H and O–H groups in total. The molecule has 0 radical (unpaired) electrons. The zero-order chi connectivity index (χ0) is 14.8. The third kappa shape index (κ3) is 3.50. The first-order valence-corrected chi connectivity index (χ1v) is 6.06. The largest absolute Gasteiger partial charge is 0.444 e. The highest BCUT2D eigenvalue weighted by Gasteiger charge is 2.16. The number of hydrogen-bond donors (Lipinski definition) is 1. The summed E-state index contributed by atoms with van der Waals surface area (Å²) in [6.07, 6.45) is 0.992. The van der Waals surface area contributed by atoms with Gasteiger partial charge in [-0.25, -0.2) is 9.78 Å². The van der Waals surface area contributed by atoms with Crippen LogP contribution in [0.4, 0.5) is 10.5 Å². The predicted octanol–water partition coefficient (Wildman–Crippen LogP) is 1.71. The monoisotopic (exact) mass is 276 g/mol. The van der Waals surface area contributed by atoms with E-state index in [1.165, 1.54) is 10.9 Å². The first-order valence-electron chi connectivity index (χ1n) is 6.06. The Labute approximate surface area is 116 Å². The number of aryl methyl sites for hydroxylation is 1. The standard InChI is InChI=1S/C12H16N6O2/c1-8-15-16-17-18(8)10-6-5-9(7-13-10)14-11(19)20-12(2,3)4/h5-7H,1-4H3,(H,14,19). The van der Waals surface area contributed by atoms with Crippen LogP contribution in [0.5, 0.6) is 0 Å². The van der Waals surface area contributed by atoms with Gasteiger partial charge < -0.3 is 4.74 Å². The summed E-state index contributed by atoms with van der Waals surface area (Å²) in [5.41, 5.74) is -0.00485. The molecule has 0 aliphatic rings. The van der Waals surface area contributed by atoms with Crippen molar-refractivity contribution < 1.29 is 9.53 Å². The summed E-state index contributed by atoms with van der Waals surface area (Å²) in [4.78, 5) is 15.8. The van der Waals surface area contributed by atoms with Crippen LogP contribution in [0.15, 0.2) is 18.3 Å². The molecule has 2 aromatic heterocycles. The van der Waals surface area contributed by atoms with Crippen LogP contribution in [0.3, 0.4) is 0 Å². The van der Waals surface area contributed by atoms with Crippen LogP contribution in [-0.2, 0) is 4.74 Å². The highest BCUT2D eigenvalue weighted by Crippen LogP contribution is 2.12. The van der Waals surface area contributed by atoms with Crippen molar-refractivity contribution in [3.63, 3.8) is 0 Å². The minimum absolute atomic E-state index is 0.523. The van der Waals surface area contributed by atoms with Gasteiger partial charge in [-0.05, 0) is 50.3 Å². The van der Waals surface area contributed by atoms with Crippen LogP contribution in [0, 0.1) is 6.92 Å². The molecule has 2 aromatic rings. The molecule has 0 atom stereocenters. The number of nitrogens with one attached hydrogen (secondary N) is 1. The second-order valence-corrected chi connectivity index (χ2v) is 5.17. The molecule has 1 amide bonds. The molecule has 0 aromatic carbocycles. The van der Waals surface area contributed by atoms with Crippen LogP contribution in [0.25, 0.3) is 5.82 Å². The Balaban J connectivity index is 2.06. The molecule has 0 spiro atoms. The molecular weight excluding hydrogens is 260 g/mol. The summed E-state index contributed by atoms with van der Waals surface area (Å²) in [6, 6.07) is 3.41. The molecule has 8 heteroatoms. The third-order valence-corrected chi connectivity index (χ3v) is 2.24. The first-order chi connectivity index (χ1) is 9.35. The summed E-state index contributed by atoms with van der Waals surface area (Å²) in [6.45, 7) is 7.17. The van der Waals surface area contributed by atoms with Crippen molar-refractivity contribution in [3.05, 3.63) is 24.2 Å². The smallest absolute Gasteiger partial charge is 0.412 e. The normalized spacial score (nSPS) is 11.2. The molecule has 0 aliphatic heterocycles. The molecular formula is C12H16N6O2. The second-order valence-electron chi connectivity index (χ2n) is 5.17. The van der Waals surface area contributed by atoms with Crippen LogP contribution in [0.2, 0.25) is 0 Å². The van der Waals surface area contributed by atoms with E-state index in [0.29, 0.717) is 17.3 Å². The Morgan fingerprint density at radius 2 is 2.10 bits per heavy atom. The molecule has 0 saturated carbocycles. The van der Waals surface area contributed by atoms with Gasteiger partial charge in [-0.1, -0.05) is 0 Å². The Morgan fingerprint density at radius 1 is 1.35 bits per heavy atom. The Bertz CT molecular complexity index is 599. The van der Waals surface area contributed by atoms with Crippen LogP contribution in [0.1, 0.15) is 26.6 Å². The maximum atomic E-state index is 11.6. The summed E-state index contributed by atoms with van der Waals surface area (Å²) >= 11 is 0. The molecule has 0 bridgehead atoms. The fourth-order valence-corrected chi connectivity index (χ4v) is 1.45. The van der Waals surface area contributed by atoms with Crippen molar-refractivity contribution in [2.24, 2.45) is 0 Å². The van der Waals surface area contributed by atoms with Gasteiger partial charge in [-0.3, -0.25) is 5.32 Å². The van der Waals surface area contributed by atoms with Gasteiger partial charge in [-0.2, -0.15) is 4.68 Å². The number of rotatable bonds is 2. The fourth-order valence-electron chi connectivity index (χ4n) is 1.45. The maximum Gasteiger partial charge on any atom is 0.412 e. The molecule has 0 unspecified atom stereocenters. The molecule has 0 fully saturated rings. The minimum atomic E-state index is -0.541. The lowest BCUT2D eigenvalue weighted by Gasteiger charge is -2.19. The number of aromatic nitrogens is 5. The maximum absolute atomic E-state index is 11.6. The molecule has 2 rings (SSSR count). The van der Waals surface area contributed by atoms with Crippen molar-refractivity contribution in [1.82, 2.24) is 25.2 Å². The third-order valence-electron chi connectivity index (χ3n) is 2.24. The fraction of sp³-hybridized carbons (Fsp3) is 0.417. The van der Waals surface area contributed by atoms with E-state index in [-0.39, 0.29) is 0 Å². The van der Waals surface area contributed by atoms with E-state index in [2.05, 4.69) is 25.8 Å². The number of amides is 1. The Kier molecular flexibility index (Phi) is 3.64. The highest BCUT2D eigenvalue weighted by molar-refractivity contribution is 5.84. The van der Waals surface area contributed by atoms with Gasteiger partial charge in [-0.15, -0.1) is 5.10 Å². The average molecular weight is 276 g/mol. The SMILES string of the molecule is Cc1nnnn1-c1ccc(NC(=O)OC(C)(C)C)cn1. The van der Waals surface area contributed by atoms with Gasteiger partial charge in [0.05, 0.1) is 11.9 Å². The summed E-state index contributed by atoms with van der Waals surface area (Å²) < 4.78 is 6.65. The van der Waals surface area contributed by atoms with Crippen molar-refractivity contribution >= 4 is 11.8 Å². The quantitative estimate of drug-likeness (QED) is 0.897. The molecule has 106 valence electrons. The molecule has 8 nitrogen and oxygen atoms in total. The molecule has 0 saturated heterocycles. The summed E-state index contributed by atoms with van der Waals surface area (Å²) in [5.74, 6) is 1.20. The van der Waals surface area contributed by atoms with Crippen LogP contribution in [-0.4, -0.2) is 36.9 Å². The summed E-state index contributed by atoms with van der Waals surface area (Å²) in [7, 11) is 0. The zero-order valence-electron chi connectivity index (χ0n) is 11.8. The van der Waals surface area contributed by atoms with E-state index in [0.717, 1.165) is 0 Å². The number of nitrogens with zero attached hydrogens (tertiary/aromatic N) is 5. The molecule has 20 heavy (non-hydrogen) atoms. The second kappa shape index (κ2) is 5.24. The van der Waals surface area contributed by atoms with E-state index >= 15 is 0 Å². The Hall–Kier alpha value is -2.51. The van der Waals surface area contributed by atoms with E-state index in [1.807, 2.05) is 0 Å². The average Bonchev–Trinajstić information content (AvgIpc) is 2.74. The number of carbonyl (C=O) groups excluding carboxylic acids is 1. The lowest BCUT2D eigenvalue weighted by molar-refractivity contribution is 0.0636. The number of anilines is 1. The topological polar surface area (TPSA) is 94.8 Å². The van der Waals surface area contributed by atoms with Gasteiger partial charge in [0.2, 0.25) is 0 Å². The van der Waals surface area contributed by atoms with Gasteiger partial charge >= 0.3 is 6.09 Å². The van der Waals surface area contributed by atoms with Gasteiger partial charge in [0.15, 0.2) is 11.6 Å². The highest BCUT2D eigenvalue weighted by atomic mass is 16.6. The van der Waals surface area contributed by atoms with E-state index in [4.69, 9.17) is 4.74 Å². The van der Waals surface area contributed by atoms with Crippen molar-refractivity contribution in [1.29, 1.82) is 0 Å². The van der Waals surface area contributed by atoms with Crippen molar-refractivity contribution in [3.8, 4) is 5.82 Å². The van der Waals surface area contributed by atoms with E-state index < -0.39 is 11.7 Å². The number of ether oxygens (including phenoxy) is 1. The van der Waals surface area contributed by atoms with Gasteiger partial charge in [0.1, 0.15) is 5.60 Å². The number of pyridine rings is 1. The van der Waals surface area contributed by atoms with Gasteiger partial charge in [0.25, 0.3) is 0 Å². The molecule has 2 heterocycles. The van der Waals surface area contributed by atoms with Crippen molar-refractivity contribution in [2.75, 3.05) is 5.32 Å². The van der Waals surface area contributed by atoms with Crippen LogP contribution >= 0.6 is 0 Å². The molecule has 0 aliphatic carbocycles. The van der Waals surface area contributed by atoms with Gasteiger partial charge in [0, 0.05) is 0 Å². The van der Waals surface area contributed by atoms with Crippen LogP contribution < -0.4 is 5.32 Å². The lowest BCUT2D eigenvalue weighted by Crippen LogP contribution is -2.27. The first kappa shape index (κ1) is 13.9. The zero-order valence-corrected chi connectivity index (χ0v) is 11.8. The number of tetrazole rings is 1. The summed E-state index contributed by atoms with van der Waals surface area (Å²) in [5, 5.41) is 13.7. The van der Waals surface area contributed by atoms with E-state index in [1.54, 1.807) is 39.8 Å². The number of carbonyl (C=O) groups is 1. The minimum Gasteiger partial charge on any atom is -0.444 e. The van der Waals surface area contributed by atoms with E-state index in [9.17, 15) is 4.79 Å². The van der Waals surface area contributed by atoms with Crippen molar-refractivity contribution in [2.45, 2.75) is 33.3 Å². The number of hydrogen-bond acceptors (Lipinski definition) is 6. The Morgan fingerprint density at radius 3 is 2.60 bits per heavy atom. The predicted molar refractivity (Wildman–Crippen MR) is 71.5 cm³/mol. The lowest BCUT2D eigenvalue weighted by atomic mass is 10.2.